The van der Waals surface area contributed by atoms with Crippen LogP contribution in [-0.4, -0.2) is 16.8 Å². The van der Waals surface area contributed by atoms with E-state index in [0.29, 0.717) is 0 Å². The number of rotatable bonds is 4. The second kappa shape index (κ2) is 6.42. The SMILES string of the molecule is NC(=O)c1ccc(NC(=O)/C=C/c2ccncc2)cc1F. The Labute approximate surface area is 120 Å². The predicted molar refractivity (Wildman–Crippen MR) is 76.8 cm³/mol. The molecule has 0 aliphatic rings. The third-order valence-electron chi connectivity index (χ3n) is 2.64. The van der Waals surface area contributed by atoms with Gasteiger partial charge >= 0.3 is 0 Å². The number of carbonyl (C=O) groups is 2. The van der Waals surface area contributed by atoms with Gasteiger partial charge in [-0.1, -0.05) is 0 Å². The summed E-state index contributed by atoms with van der Waals surface area (Å²) in [7, 11) is 0. The predicted octanol–water partition coefficient (Wildman–Crippen LogP) is 1.97. The minimum Gasteiger partial charge on any atom is -0.366 e. The van der Waals surface area contributed by atoms with Gasteiger partial charge in [0.2, 0.25) is 5.91 Å². The summed E-state index contributed by atoms with van der Waals surface area (Å²) in [6, 6.07) is 7.15. The summed E-state index contributed by atoms with van der Waals surface area (Å²) in [6.07, 6.45) is 6.13. The molecular formula is C15H12FN3O2. The largest absolute Gasteiger partial charge is 0.366 e. The second-order valence-electron chi connectivity index (χ2n) is 4.16. The third-order valence-corrected chi connectivity index (χ3v) is 2.64. The maximum atomic E-state index is 13.5. The van der Waals surface area contributed by atoms with E-state index in [4.69, 9.17) is 5.73 Å². The molecule has 1 heterocycles. The molecule has 6 heteroatoms. The smallest absolute Gasteiger partial charge is 0.251 e. The first kappa shape index (κ1) is 14.4. The lowest BCUT2D eigenvalue weighted by Gasteiger charge is -2.04. The lowest BCUT2D eigenvalue weighted by Crippen LogP contribution is -2.14. The second-order valence-corrected chi connectivity index (χ2v) is 4.16. The quantitative estimate of drug-likeness (QED) is 0.842. The van der Waals surface area contributed by atoms with Gasteiger partial charge in [0, 0.05) is 24.2 Å². The summed E-state index contributed by atoms with van der Waals surface area (Å²) in [5.74, 6) is -2.06. The van der Waals surface area contributed by atoms with Gasteiger partial charge in [-0.15, -0.1) is 0 Å². The van der Waals surface area contributed by atoms with E-state index < -0.39 is 17.6 Å². The molecule has 0 atom stereocenters. The number of carbonyl (C=O) groups excluding carboxylic acids is 2. The van der Waals surface area contributed by atoms with Crippen LogP contribution in [0.25, 0.3) is 6.08 Å². The number of primary amides is 1. The third kappa shape index (κ3) is 3.97. The number of benzene rings is 1. The average Bonchev–Trinajstić information content (AvgIpc) is 2.46. The van der Waals surface area contributed by atoms with Crippen molar-refractivity contribution < 1.29 is 14.0 Å². The summed E-state index contributed by atoms with van der Waals surface area (Å²) in [6.45, 7) is 0. The van der Waals surface area contributed by atoms with Crippen molar-refractivity contribution in [3.63, 3.8) is 0 Å². The van der Waals surface area contributed by atoms with Gasteiger partial charge in [0.25, 0.3) is 5.91 Å². The Hall–Kier alpha value is -3.02. The first-order valence-corrected chi connectivity index (χ1v) is 6.05. The van der Waals surface area contributed by atoms with E-state index in [9.17, 15) is 14.0 Å². The lowest BCUT2D eigenvalue weighted by atomic mass is 10.2. The zero-order valence-electron chi connectivity index (χ0n) is 10.9. The average molecular weight is 285 g/mol. The van der Waals surface area contributed by atoms with Gasteiger partial charge in [-0.2, -0.15) is 0 Å². The van der Waals surface area contributed by atoms with Crippen LogP contribution in [-0.2, 0) is 4.79 Å². The summed E-state index contributed by atoms with van der Waals surface area (Å²) in [5, 5.41) is 2.49. The van der Waals surface area contributed by atoms with Crippen LogP contribution < -0.4 is 11.1 Å². The molecule has 0 radical (unpaired) electrons. The van der Waals surface area contributed by atoms with Crippen molar-refractivity contribution in [2.45, 2.75) is 0 Å². The number of nitrogens with two attached hydrogens (primary N) is 1. The van der Waals surface area contributed by atoms with Gasteiger partial charge in [0.05, 0.1) is 5.56 Å². The monoisotopic (exact) mass is 285 g/mol. The van der Waals surface area contributed by atoms with Crippen molar-refractivity contribution in [2.75, 3.05) is 5.32 Å². The molecule has 0 aliphatic heterocycles. The molecule has 0 aliphatic carbocycles. The molecular weight excluding hydrogens is 273 g/mol. The van der Waals surface area contributed by atoms with Crippen LogP contribution in [0.1, 0.15) is 15.9 Å². The molecule has 0 fully saturated rings. The van der Waals surface area contributed by atoms with Crippen molar-refractivity contribution in [2.24, 2.45) is 5.73 Å². The molecule has 3 N–H and O–H groups in total. The van der Waals surface area contributed by atoms with E-state index in [0.717, 1.165) is 11.6 Å². The van der Waals surface area contributed by atoms with Gasteiger partial charge in [-0.3, -0.25) is 14.6 Å². The molecule has 2 rings (SSSR count). The van der Waals surface area contributed by atoms with Crippen molar-refractivity contribution in [3.8, 4) is 0 Å². The molecule has 5 nitrogen and oxygen atoms in total. The summed E-state index contributed by atoms with van der Waals surface area (Å²) in [5.41, 5.74) is 5.83. The molecule has 2 amide bonds. The zero-order chi connectivity index (χ0) is 15.2. The van der Waals surface area contributed by atoms with E-state index in [1.807, 2.05) is 0 Å². The number of hydrogen-bond donors (Lipinski definition) is 2. The number of hydrogen-bond acceptors (Lipinski definition) is 3. The van der Waals surface area contributed by atoms with Crippen molar-refractivity contribution >= 4 is 23.6 Å². The first-order chi connectivity index (χ1) is 10.1. The molecule has 21 heavy (non-hydrogen) atoms. The van der Waals surface area contributed by atoms with Crippen LogP contribution in [0.4, 0.5) is 10.1 Å². The van der Waals surface area contributed by atoms with Crippen LogP contribution in [0.3, 0.4) is 0 Å². The number of halogens is 1. The first-order valence-electron chi connectivity index (χ1n) is 6.05. The van der Waals surface area contributed by atoms with Crippen molar-refractivity contribution in [1.29, 1.82) is 0 Å². The number of amides is 2. The number of anilines is 1. The van der Waals surface area contributed by atoms with Crippen LogP contribution in [0, 0.1) is 5.82 Å². The van der Waals surface area contributed by atoms with Crippen molar-refractivity contribution in [1.82, 2.24) is 4.98 Å². The maximum Gasteiger partial charge on any atom is 0.251 e. The van der Waals surface area contributed by atoms with E-state index >= 15 is 0 Å². The van der Waals surface area contributed by atoms with Gasteiger partial charge < -0.3 is 11.1 Å². The van der Waals surface area contributed by atoms with Gasteiger partial charge in [-0.05, 0) is 42.0 Å². The lowest BCUT2D eigenvalue weighted by molar-refractivity contribution is -0.111. The Kier molecular flexibility index (Phi) is 4.40. The Morgan fingerprint density at radius 1 is 1.19 bits per heavy atom. The Morgan fingerprint density at radius 2 is 1.90 bits per heavy atom. The Balaban J connectivity index is 2.05. The number of nitrogens with zero attached hydrogens (tertiary/aromatic N) is 1. The van der Waals surface area contributed by atoms with Crippen LogP contribution in [0.5, 0.6) is 0 Å². The molecule has 0 saturated carbocycles. The van der Waals surface area contributed by atoms with E-state index in [-0.39, 0.29) is 11.3 Å². The van der Waals surface area contributed by atoms with Gasteiger partial charge in [0.15, 0.2) is 0 Å². The normalized spacial score (nSPS) is 10.5. The molecule has 0 bridgehead atoms. The fourth-order valence-electron chi connectivity index (χ4n) is 1.62. The van der Waals surface area contributed by atoms with E-state index in [1.165, 1.54) is 18.2 Å². The molecule has 0 unspecified atom stereocenters. The minimum atomic E-state index is -0.858. The standard InChI is InChI=1S/C15H12FN3O2/c16-13-9-11(2-3-12(13)15(17)21)19-14(20)4-1-10-5-7-18-8-6-10/h1-9H,(H2,17,21)(H,19,20)/b4-1+. The molecule has 0 spiro atoms. The maximum absolute atomic E-state index is 13.5. The Morgan fingerprint density at radius 3 is 2.52 bits per heavy atom. The highest BCUT2D eigenvalue weighted by Gasteiger charge is 2.09. The van der Waals surface area contributed by atoms with E-state index in [2.05, 4.69) is 10.3 Å². The highest BCUT2D eigenvalue weighted by atomic mass is 19.1. The molecule has 106 valence electrons. The van der Waals surface area contributed by atoms with E-state index in [1.54, 1.807) is 30.6 Å². The summed E-state index contributed by atoms with van der Waals surface area (Å²) in [4.78, 5) is 26.4. The topological polar surface area (TPSA) is 85.1 Å². The number of aromatic nitrogens is 1. The van der Waals surface area contributed by atoms with Crippen LogP contribution in [0.2, 0.25) is 0 Å². The van der Waals surface area contributed by atoms with Gasteiger partial charge in [-0.25, -0.2) is 4.39 Å². The van der Waals surface area contributed by atoms with Gasteiger partial charge in [0.1, 0.15) is 5.82 Å². The zero-order valence-corrected chi connectivity index (χ0v) is 10.9. The molecule has 1 aromatic carbocycles. The summed E-state index contributed by atoms with van der Waals surface area (Å²) < 4.78 is 13.5. The fraction of sp³-hybridized carbons (Fsp3) is 0. The fourth-order valence-corrected chi connectivity index (χ4v) is 1.62. The molecule has 1 aromatic heterocycles. The highest BCUT2D eigenvalue weighted by molar-refractivity contribution is 6.02. The van der Waals surface area contributed by atoms with Crippen LogP contribution in [0.15, 0.2) is 48.8 Å². The molecule has 2 aromatic rings. The minimum absolute atomic E-state index is 0.222. The van der Waals surface area contributed by atoms with Crippen molar-refractivity contribution in [3.05, 3.63) is 65.7 Å². The summed E-state index contributed by atoms with van der Waals surface area (Å²) >= 11 is 0. The number of nitrogens with one attached hydrogen (secondary N) is 1. The number of pyridine rings is 1. The highest BCUT2D eigenvalue weighted by Crippen LogP contribution is 2.14. The molecule has 0 saturated heterocycles. The Bertz CT molecular complexity index is 699. The van der Waals surface area contributed by atoms with Crippen LogP contribution >= 0.6 is 0 Å².